The molecular weight excluding hydrogens is 295 g/mol. The first kappa shape index (κ1) is 16.8. The van der Waals surface area contributed by atoms with Crippen LogP contribution in [0.3, 0.4) is 0 Å². The third kappa shape index (κ3) is 5.62. The lowest BCUT2D eigenvalue weighted by atomic mass is 10.1. The molecule has 0 spiro atoms. The van der Waals surface area contributed by atoms with Crippen LogP contribution in [0.25, 0.3) is 0 Å². The number of nitrogens with zero attached hydrogens (tertiary/aromatic N) is 1. The summed E-state index contributed by atoms with van der Waals surface area (Å²) in [5, 5.41) is 0. The van der Waals surface area contributed by atoms with Gasteiger partial charge >= 0.3 is 0 Å². The monoisotopic (exact) mass is 316 g/mol. The topological polar surface area (TPSA) is 55.6 Å². The molecule has 0 aliphatic heterocycles. The van der Waals surface area contributed by atoms with Crippen molar-refractivity contribution in [1.29, 1.82) is 0 Å². The molecular formula is C18H21FN2O2. The SMILES string of the molecule is CN(CCCOc1ccc(F)cc1)C(=O)Cc1ccc(N)cc1. The lowest BCUT2D eigenvalue weighted by molar-refractivity contribution is -0.129. The fourth-order valence-electron chi connectivity index (χ4n) is 2.09. The van der Waals surface area contributed by atoms with Crippen LogP contribution in [0.1, 0.15) is 12.0 Å². The number of ether oxygens (including phenoxy) is 1. The zero-order valence-corrected chi connectivity index (χ0v) is 13.2. The number of amides is 1. The summed E-state index contributed by atoms with van der Waals surface area (Å²) in [6, 6.07) is 13.2. The van der Waals surface area contributed by atoms with Gasteiger partial charge in [-0.3, -0.25) is 4.79 Å². The molecule has 122 valence electrons. The molecule has 1 amide bonds. The van der Waals surface area contributed by atoms with Gasteiger partial charge < -0.3 is 15.4 Å². The van der Waals surface area contributed by atoms with Crippen molar-refractivity contribution in [3.8, 4) is 5.75 Å². The normalized spacial score (nSPS) is 10.3. The number of halogens is 1. The molecule has 0 bridgehead atoms. The van der Waals surface area contributed by atoms with Crippen molar-refractivity contribution >= 4 is 11.6 Å². The minimum Gasteiger partial charge on any atom is -0.494 e. The fourth-order valence-corrected chi connectivity index (χ4v) is 2.09. The second-order valence-corrected chi connectivity index (χ2v) is 5.39. The van der Waals surface area contributed by atoms with Gasteiger partial charge in [0, 0.05) is 19.3 Å². The first-order valence-corrected chi connectivity index (χ1v) is 7.51. The second-order valence-electron chi connectivity index (χ2n) is 5.39. The summed E-state index contributed by atoms with van der Waals surface area (Å²) in [4.78, 5) is 13.8. The van der Waals surface area contributed by atoms with Crippen molar-refractivity contribution in [2.45, 2.75) is 12.8 Å². The number of likely N-dealkylation sites (N-methyl/N-ethyl adjacent to an activating group) is 1. The van der Waals surface area contributed by atoms with E-state index in [1.54, 1.807) is 36.2 Å². The molecule has 2 aromatic rings. The highest BCUT2D eigenvalue weighted by Crippen LogP contribution is 2.11. The zero-order chi connectivity index (χ0) is 16.7. The highest BCUT2D eigenvalue weighted by Gasteiger charge is 2.09. The Bertz CT molecular complexity index is 626. The lowest BCUT2D eigenvalue weighted by Gasteiger charge is -2.17. The number of hydrogen-bond donors (Lipinski definition) is 1. The van der Waals surface area contributed by atoms with Crippen molar-refractivity contribution < 1.29 is 13.9 Å². The van der Waals surface area contributed by atoms with E-state index in [1.807, 2.05) is 12.1 Å². The lowest BCUT2D eigenvalue weighted by Crippen LogP contribution is -2.30. The van der Waals surface area contributed by atoms with Gasteiger partial charge in [-0.25, -0.2) is 4.39 Å². The summed E-state index contributed by atoms with van der Waals surface area (Å²) in [6.45, 7) is 1.08. The molecule has 23 heavy (non-hydrogen) atoms. The van der Waals surface area contributed by atoms with Gasteiger partial charge in [-0.2, -0.15) is 0 Å². The highest BCUT2D eigenvalue weighted by atomic mass is 19.1. The van der Waals surface area contributed by atoms with Gasteiger partial charge in [0.25, 0.3) is 0 Å². The van der Waals surface area contributed by atoms with Crippen LogP contribution in [0.15, 0.2) is 48.5 Å². The molecule has 0 unspecified atom stereocenters. The van der Waals surface area contributed by atoms with Crippen LogP contribution in [0.2, 0.25) is 0 Å². The molecule has 5 heteroatoms. The van der Waals surface area contributed by atoms with E-state index in [0.717, 1.165) is 5.56 Å². The van der Waals surface area contributed by atoms with Crippen molar-refractivity contribution in [3.05, 3.63) is 59.9 Å². The summed E-state index contributed by atoms with van der Waals surface area (Å²) in [7, 11) is 1.78. The number of rotatable bonds is 7. The first-order valence-electron chi connectivity index (χ1n) is 7.51. The minimum absolute atomic E-state index is 0.0524. The Balaban J connectivity index is 1.69. The third-order valence-electron chi connectivity index (χ3n) is 3.48. The smallest absolute Gasteiger partial charge is 0.226 e. The molecule has 0 fully saturated rings. The molecule has 2 rings (SSSR count). The Labute approximate surface area is 135 Å². The Morgan fingerprint density at radius 2 is 1.78 bits per heavy atom. The standard InChI is InChI=1S/C18H21FN2O2/c1-21(18(22)13-14-3-7-16(20)8-4-14)11-2-12-23-17-9-5-15(19)6-10-17/h3-10H,2,11-13,20H2,1H3. The van der Waals surface area contributed by atoms with Crippen molar-refractivity contribution in [1.82, 2.24) is 4.90 Å². The van der Waals surface area contributed by atoms with Gasteiger partial charge in [0.05, 0.1) is 13.0 Å². The molecule has 0 aliphatic carbocycles. The van der Waals surface area contributed by atoms with Crippen LogP contribution >= 0.6 is 0 Å². The van der Waals surface area contributed by atoms with Gasteiger partial charge in [0.15, 0.2) is 0 Å². The molecule has 4 nitrogen and oxygen atoms in total. The average Bonchev–Trinajstić information content (AvgIpc) is 2.55. The van der Waals surface area contributed by atoms with E-state index in [-0.39, 0.29) is 11.7 Å². The summed E-state index contributed by atoms with van der Waals surface area (Å²) in [5.41, 5.74) is 7.26. The summed E-state index contributed by atoms with van der Waals surface area (Å²) >= 11 is 0. The molecule has 0 aromatic heterocycles. The molecule has 2 N–H and O–H groups in total. The number of nitrogens with two attached hydrogens (primary N) is 1. The Hall–Kier alpha value is -2.56. The zero-order valence-electron chi connectivity index (χ0n) is 13.2. The van der Waals surface area contributed by atoms with Crippen molar-refractivity contribution in [2.75, 3.05) is 25.9 Å². The van der Waals surface area contributed by atoms with Crippen LogP contribution in [0.5, 0.6) is 5.75 Å². The largest absolute Gasteiger partial charge is 0.494 e. The van der Waals surface area contributed by atoms with Gasteiger partial charge in [0.2, 0.25) is 5.91 Å². The quantitative estimate of drug-likeness (QED) is 0.631. The fraction of sp³-hybridized carbons (Fsp3) is 0.278. The summed E-state index contributed by atoms with van der Waals surface area (Å²) in [5.74, 6) is 0.393. The maximum Gasteiger partial charge on any atom is 0.226 e. The molecule has 0 radical (unpaired) electrons. The number of anilines is 1. The minimum atomic E-state index is -0.287. The van der Waals surface area contributed by atoms with E-state index in [2.05, 4.69) is 0 Å². The van der Waals surface area contributed by atoms with E-state index in [0.29, 0.717) is 37.4 Å². The molecule has 0 aliphatic rings. The van der Waals surface area contributed by atoms with Crippen molar-refractivity contribution in [3.63, 3.8) is 0 Å². The van der Waals surface area contributed by atoms with E-state index in [1.165, 1.54) is 12.1 Å². The van der Waals surface area contributed by atoms with Crippen LogP contribution in [0, 0.1) is 5.82 Å². The first-order chi connectivity index (χ1) is 11.0. The van der Waals surface area contributed by atoms with E-state index in [4.69, 9.17) is 10.5 Å². The number of hydrogen-bond acceptors (Lipinski definition) is 3. The van der Waals surface area contributed by atoms with Gasteiger partial charge in [-0.1, -0.05) is 12.1 Å². The van der Waals surface area contributed by atoms with Gasteiger partial charge in [-0.15, -0.1) is 0 Å². The maximum absolute atomic E-state index is 12.8. The number of carbonyl (C=O) groups excluding carboxylic acids is 1. The van der Waals surface area contributed by atoms with Gasteiger partial charge in [0.1, 0.15) is 11.6 Å². The van der Waals surface area contributed by atoms with E-state index >= 15 is 0 Å². The Morgan fingerprint density at radius 1 is 1.13 bits per heavy atom. The average molecular weight is 316 g/mol. The molecule has 2 aromatic carbocycles. The van der Waals surface area contributed by atoms with E-state index < -0.39 is 0 Å². The Morgan fingerprint density at radius 3 is 2.43 bits per heavy atom. The predicted octanol–water partition coefficient (Wildman–Crippen LogP) is 2.88. The summed E-state index contributed by atoms with van der Waals surface area (Å²) in [6.07, 6.45) is 1.07. The Kier molecular flexibility index (Phi) is 5.97. The molecule has 0 atom stereocenters. The van der Waals surface area contributed by atoms with Crippen LogP contribution < -0.4 is 10.5 Å². The molecule has 0 saturated carbocycles. The van der Waals surface area contributed by atoms with E-state index in [9.17, 15) is 9.18 Å². The molecule has 0 heterocycles. The van der Waals surface area contributed by atoms with Gasteiger partial charge in [-0.05, 0) is 48.4 Å². The summed E-state index contributed by atoms with van der Waals surface area (Å²) < 4.78 is 18.3. The molecule has 0 saturated heterocycles. The van der Waals surface area contributed by atoms with Crippen LogP contribution in [-0.4, -0.2) is 31.0 Å². The second kappa shape index (κ2) is 8.17. The number of benzene rings is 2. The van der Waals surface area contributed by atoms with Crippen LogP contribution in [0.4, 0.5) is 10.1 Å². The highest BCUT2D eigenvalue weighted by molar-refractivity contribution is 5.78. The van der Waals surface area contributed by atoms with Crippen LogP contribution in [-0.2, 0) is 11.2 Å². The number of nitrogen functional groups attached to an aromatic ring is 1. The predicted molar refractivity (Wildman–Crippen MR) is 88.7 cm³/mol. The number of carbonyl (C=O) groups is 1. The van der Waals surface area contributed by atoms with Crippen molar-refractivity contribution in [2.24, 2.45) is 0 Å². The maximum atomic E-state index is 12.8. The third-order valence-corrected chi connectivity index (χ3v) is 3.48.